The number of halogens is 1. The number of anilines is 2. The van der Waals surface area contributed by atoms with Crippen molar-refractivity contribution < 1.29 is 4.79 Å². The minimum absolute atomic E-state index is 0.0413. The van der Waals surface area contributed by atoms with Gasteiger partial charge in [0.1, 0.15) is 6.04 Å². The molecule has 6 heteroatoms. The largest absolute Gasteiger partial charge is 0.340 e. The van der Waals surface area contributed by atoms with E-state index in [1.54, 1.807) is 6.20 Å². The molecule has 3 heterocycles. The molecule has 2 N–H and O–H groups in total. The van der Waals surface area contributed by atoms with Gasteiger partial charge in [-0.05, 0) is 22.0 Å². The highest BCUT2D eigenvalue weighted by molar-refractivity contribution is 9.10. The number of amides is 1. The molecular formula is C10H11BrN4O. The molecule has 2 aliphatic heterocycles. The van der Waals surface area contributed by atoms with Gasteiger partial charge in [0.2, 0.25) is 5.91 Å². The molecule has 1 aromatic rings. The number of fused-ring (bicyclic) bond motifs is 3. The van der Waals surface area contributed by atoms with Gasteiger partial charge in [-0.2, -0.15) is 0 Å². The number of hydrogen-bond acceptors (Lipinski definition) is 4. The van der Waals surface area contributed by atoms with Crippen molar-refractivity contribution in [2.45, 2.75) is 6.04 Å². The van der Waals surface area contributed by atoms with E-state index in [2.05, 4.69) is 36.4 Å². The lowest BCUT2D eigenvalue weighted by atomic mass is 10.1. The molecule has 1 saturated heterocycles. The molecule has 3 rings (SSSR count). The Labute approximate surface area is 101 Å². The summed E-state index contributed by atoms with van der Waals surface area (Å²) in [6, 6.07) is 1.76. The fraction of sp³-hybridized carbons (Fsp3) is 0.400. The summed E-state index contributed by atoms with van der Waals surface area (Å²) in [4.78, 5) is 18.3. The number of aromatic nitrogens is 1. The van der Waals surface area contributed by atoms with Crippen LogP contribution in [0.5, 0.6) is 0 Å². The van der Waals surface area contributed by atoms with Crippen molar-refractivity contribution in [3.63, 3.8) is 0 Å². The van der Waals surface area contributed by atoms with Gasteiger partial charge in [-0.15, -0.1) is 0 Å². The Bertz CT molecular complexity index is 450. The van der Waals surface area contributed by atoms with Crippen molar-refractivity contribution in [2.75, 3.05) is 29.9 Å². The van der Waals surface area contributed by atoms with E-state index in [4.69, 9.17) is 0 Å². The molecule has 0 radical (unpaired) electrons. The summed E-state index contributed by atoms with van der Waals surface area (Å²) >= 11 is 3.35. The van der Waals surface area contributed by atoms with Gasteiger partial charge < -0.3 is 15.5 Å². The highest BCUT2D eigenvalue weighted by atomic mass is 79.9. The Morgan fingerprint density at radius 2 is 2.44 bits per heavy atom. The molecule has 2 aliphatic rings. The summed E-state index contributed by atoms with van der Waals surface area (Å²) in [5, 5.41) is 6.10. The second kappa shape index (κ2) is 3.71. The molecule has 0 aliphatic carbocycles. The van der Waals surface area contributed by atoms with E-state index < -0.39 is 0 Å². The first-order valence-electron chi connectivity index (χ1n) is 5.19. The molecule has 0 aromatic carbocycles. The molecule has 16 heavy (non-hydrogen) atoms. The molecule has 1 atom stereocenters. The number of carbonyl (C=O) groups is 1. The Kier molecular flexibility index (Phi) is 2.33. The zero-order chi connectivity index (χ0) is 11.1. The monoisotopic (exact) mass is 282 g/mol. The second-order valence-corrected chi connectivity index (χ2v) is 4.84. The van der Waals surface area contributed by atoms with Gasteiger partial charge >= 0.3 is 0 Å². The third-order valence-electron chi connectivity index (χ3n) is 2.91. The summed E-state index contributed by atoms with van der Waals surface area (Å²) in [5.74, 6) is 0.911. The predicted molar refractivity (Wildman–Crippen MR) is 64.6 cm³/mol. The molecule has 5 nitrogen and oxygen atoms in total. The van der Waals surface area contributed by atoms with Crippen molar-refractivity contribution in [3.05, 3.63) is 16.7 Å². The number of rotatable bonds is 0. The van der Waals surface area contributed by atoms with Gasteiger partial charge in [0.25, 0.3) is 0 Å². The first-order valence-corrected chi connectivity index (χ1v) is 5.99. The maximum atomic E-state index is 11.9. The first kappa shape index (κ1) is 10.0. The maximum Gasteiger partial charge on any atom is 0.248 e. The molecule has 1 unspecified atom stereocenters. The van der Waals surface area contributed by atoms with Crippen LogP contribution in [-0.2, 0) is 4.79 Å². The molecular weight excluding hydrogens is 272 g/mol. The lowest BCUT2D eigenvalue weighted by Gasteiger charge is -2.40. The Morgan fingerprint density at radius 1 is 1.56 bits per heavy atom. The third-order valence-corrected chi connectivity index (χ3v) is 3.34. The summed E-state index contributed by atoms with van der Waals surface area (Å²) in [5.41, 5.74) is 0.789. The van der Waals surface area contributed by atoms with E-state index >= 15 is 0 Å². The van der Waals surface area contributed by atoms with Crippen LogP contribution < -0.4 is 15.5 Å². The van der Waals surface area contributed by atoms with Crippen LogP contribution in [0.3, 0.4) is 0 Å². The van der Waals surface area contributed by atoms with E-state index in [1.807, 2.05) is 6.07 Å². The Morgan fingerprint density at radius 3 is 3.31 bits per heavy atom. The van der Waals surface area contributed by atoms with E-state index in [-0.39, 0.29) is 11.9 Å². The second-order valence-electron chi connectivity index (χ2n) is 3.93. The first-order chi connectivity index (χ1) is 7.75. The average Bonchev–Trinajstić information content (AvgIpc) is 2.29. The smallest absolute Gasteiger partial charge is 0.248 e. The summed E-state index contributed by atoms with van der Waals surface area (Å²) in [6.45, 7) is 2.39. The molecule has 84 valence electrons. The average molecular weight is 283 g/mol. The van der Waals surface area contributed by atoms with Crippen LogP contribution in [0.2, 0.25) is 0 Å². The van der Waals surface area contributed by atoms with Crippen molar-refractivity contribution in [1.82, 2.24) is 10.3 Å². The number of hydrogen-bond donors (Lipinski definition) is 2. The van der Waals surface area contributed by atoms with Crippen molar-refractivity contribution in [1.29, 1.82) is 0 Å². The fourth-order valence-corrected chi connectivity index (χ4v) is 2.49. The van der Waals surface area contributed by atoms with Gasteiger partial charge in [-0.1, -0.05) is 0 Å². The molecule has 0 bridgehead atoms. The number of pyridine rings is 1. The van der Waals surface area contributed by atoms with Crippen molar-refractivity contribution >= 4 is 33.3 Å². The quantitative estimate of drug-likeness (QED) is 0.731. The molecule has 1 aromatic heterocycles. The minimum Gasteiger partial charge on any atom is -0.340 e. The third kappa shape index (κ3) is 1.49. The SMILES string of the molecule is O=C1Nc2cc(Br)cnc2N2CCNCC12. The molecule has 0 saturated carbocycles. The lowest BCUT2D eigenvalue weighted by Crippen LogP contribution is -2.59. The van der Waals surface area contributed by atoms with Crippen LogP contribution in [0.15, 0.2) is 16.7 Å². The summed E-state index contributed by atoms with van der Waals surface area (Å²) in [7, 11) is 0. The minimum atomic E-state index is -0.130. The number of nitrogens with one attached hydrogen (secondary N) is 2. The van der Waals surface area contributed by atoms with E-state index in [9.17, 15) is 4.79 Å². The van der Waals surface area contributed by atoms with Crippen LogP contribution in [0, 0.1) is 0 Å². The van der Waals surface area contributed by atoms with Crippen molar-refractivity contribution in [3.8, 4) is 0 Å². The van der Waals surface area contributed by atoms with Crippen LogP contribution in [0.4, 0.5) is 11.5 Å². The topological polar surface area (TPSA) is 57.3 Å². The van der Waals surface area contributed by atoms with Crippen LogP contribution in [-0.4, -0.2) is 36.6 Å². The Balaban J connectivity index is 2.06. The number of carbonyl (C=O) groups excluding carboxylic acids is 1. The molecule has 1 amide bonds. The standard InChI is InChI=1S/C10H11BrN4O/c11-6-3-7-9(13-4-6)15-2-1-12-5-8(15)10(16)14-7/h3-4,8,12H,1-2,5H2,(H,14,16). The maximum absolute atomic E-state index is 11.9. The van der Waals surface area contributed by atoms with Gasteiger partial charge in [0, 0.05) is 30.3 Å². The molecule has 0 spiro atoms. The number of piperazine rings is 1. The predicted octanol–water partition coefficient (Wildman–Crippen LogP) is 0.574. The van der Waals surface area contributed by atoms with Gasteiger partial charge in [0.15, 0.2) is 5.82 Å². The fourth-order valence-electron chi connectivity index (χ4n) is 2.16. The van der Waals surface area contributed by atoms with E-state index in [0.29, 0.717) is 6.54 Å². The van der Waals surface area contributed by atoms with Crippen LogP contribution in [0.1, 0.15) is 0 Å². The summed E-state index contributed by atoms with van der Waals surface area (Å²) < 4.78 is 0.875. The van der Waals surface area contributed by atoms with Crippen molar-refractivity contribution in [2.24, 2.45) is 0 Å². The van der Waals surface area contributed by atoms with Crippen LogP contribution >= 0.6 is 15.9 Å². The summed E-state index contributed by atoms with van der Waals surface area (Å²) in [6.07, 6.45) is 1.76. The zero-order valence-corrected chi connectivity index (χ0v) is 10.1. The van der Waals surface area contributed by atoms with Gasteiger partial charge in [0.05, 0.1) is 5.69 Å². The van der Waals surface area contributed by atoms with Crippen LogP contribution in [0.25, 0.3) is 0 Å². The zero-order valence-electron chi connectivity index (χ0n) is 8.53. The van der Waals surface area contributed by atoms with E-state index in [0.717, 1.165) is 29.1 Å². The van der Waals surface area contributed by atoms with Gasteiger partial charge in [-0.25, -0.2) is 4.98 Å². The Hall–Kier alpha value is -1.14. The van der Waals surface area contributed by atoms with Gasteiger partial charge in [-0.3, -0.25) is 4.79 Å². The lowest BCUT2D eigenvalue weighted by molar-refractivity contribution is -0.117. The highest BCUT2D eigenvalue weighted by Gasteiger charge is 2.35. The highest BCUT2D eigenvalue weighted by Crippen LogP contribution is 2.32. The van der Waals surface area contributed by atoms with E-state index in [1.165, 1.54) is 0 Å². The number of nitrogens with zero attached hydrogens (tertiary/aromatic N) is 2. The normalized spacial score (nSPS) is 23.4. The molecule has 1 fully saturated rings.